The van der Waals surface area contributed by atoms with Gasteiger partial charge in [0.1, 0.15) is 12.1 Å². The van der Waals surface area contributed by atoms with E-state index >= 15 is 0 Å². The highest BCUT2D eigenvalue weighted by molar-refractivity contribution is 7.22. The minimum Gasteiger partial charge on any atom is -0.398 e. The molecule has 3 aromatic carbocycles. The molecule has 0 fully saturated rings. The van der Waals surface area contributed by atoms with Gasteiger partial charge >= 0.3 is 0 Å². The van der Waals surface area contributed by atoms with Crippen molar-refractivity contribution in [1.29, 1.82) is 5.41 Å². The smallest absolute Gasteiger partial charge is 0.278 e. The number of carbonyl (C=O) groups is 1. The Kier molecular flexibility index (Phi) is 6.48. The average molecular weight is 458 g/mol. The van der Waals surface area contributed by atoms with Crippen molar-refractivity contribution in [3.63, 3.8) is 0 Å². The lowest BCUT2D eigenvalue weighted by Gasteiger charge is -2.13. The fraction of sp³-hybridized carbons (Fsp3) is 0.0800. The number of aliphatic imine (C=N–C) groups is 1. The van der Waals surface area contributed by atoms with Gasteiger partial charge in [0.25, 0.3) is 5.91 Å². The Morgan fingerprint density at radius 1 is 1.12 bits per heavy atom. The summed E-state index contributed by atoms with van der Waals surface area (Å²) in [5, 5.41) is 21.9. The maximum absolute atomic E-state index is 12.8. The van der Waals surface area contributed by atoms with E-state index < -0.39 is 12.1 Å². The molecule has 0 saturated heterocycles. The zero-order chi connectivity index (χ0) is 23.4. The number of para-hydroxylation sites is 1. The van der Waals surface area contributed by atoms with Crippen molar-refractivity contribution in [3.8, 4) is 10.4 Å². The molecule has 33 heavy (non-hydrogen) atoms. The predicted octanol–water partition coefficient (Wildman–Crippen LogP) is 4.47. The molecular weight excluding hydrogens is 434 g/mol. The summed E-state index contributed by atoms with van der Waals surface area (Å²) in [4.78, 5) is 17.7. The third-order valence-corrected chi connectivity index (χ3v) is 6.21. The number of aliphatic hydroxyl groups excluding tert-OH is 1. The van der Waals surface area contributed by atoms with Crippen LogP contribution in [0.25, 0.3) is 20.5 Å². The molecule has 1 unspecified atom stereocenters. The zero-order valence-corrected chi connectivity index (χ0v) is 18.5. The van der Waals surface area contributed by atoms with Crippen LogP contribution < -0.4 is 16.8 Å². The normalized spacial score (nSPS) is 12.5. The van der Waals surface area contributed by atoms with Crippen molar-refractivity contribution in [1.82, 2.24) is 0 Å². The van der Waals surface area contributed by atoms with Gasteiger partial charge in [-0.25, -0.2) is 0 Å². The van der Waals surface area contributed by atoms with Crippen molar-refractivity contribution >= 4 is 50.8 Å². The van der Waals surface area contributed by atoms with Gasteiger partial charge in [0.15, 0.2) is 0 Å². The molecule has 1 aromatic heterocycles. The Morgan fingerprint density at radius 3 is 2.58 bits per heavy atom. The maximum atomic E-state index is 12.8. The highest BCUT2D eigenvalue weighted by Gasteiger charge is 2.16. The lowest BCUT2D eigenvalue weighted by Crippen LogP contribution is -2.27. The standard InChI is InChI=1S/C25H23N5O2S/c26-14-17-10-16(11-19(24(17)28)21-12-15-6-4-5-9-20(15)33-21)25(32)30-22(27)13-23(31)29-18-7-2-1-3-8-18/h1-12,14,23,26,29,31H,13,28H2,(H2,27,30,32). The van der Waals surface area contributed by atoms with Crippen LogP contribution in [0.1, 0.15) is 22.3 Å². The second-order valence-corrected chi connectivity index (χ2v) is 8.54. The predicted molar refractivity (Wildman–Crippen MR) is 136 cm³/mol. The largest absolute Gasteiger partial charge is 0.398 e. The first kappa shape index (κ1) is 22.2. The molecule has 0 aliphatic heterocycles. The van der Waals surface area contributed by atoms with Gasteiger partial charge in [-0.3, -0.25) is 4.79 Å². The Balaban J connectivity index is 1.59. The molecule has 8 heteroatoms. The number of aliphatic hydroxyl groups is 1. The summed E-state index contributed by atoms with van der Waals surface area (Å²) in [6.07, 6.45) is 0.0846. The molecule has 1 heterocycles. The summed E-state index contributed by atoms with van der Waals surface area (Å²) in [5.41, 5.74) is 14.7. The van der Waals surface area contributed by atoms with Crippen LogP contribution in [0.15, 0.2) is 77.8 Å². The molecule has 4 rings (SSSR count). The first-order valence-electron chi connectivity index (χ1n) is 10.2. The van der Waals surface area contributed by atoms with Gasteiger partial charge in [-0.15, -0.1) is 11.3 Å². The molecule has 0 aliphatic carbocycles. The molecule has 1 atom stereocenters. The van der Waals surface area contributed by atoms with Gasteiger partial charge in [-0.05, 0) is 41.8 Å². The third-order valence-electron chi connectivity index (χ3n) is 5.06. The molecule has 7 nitrogen and oxygen atoms in total. The second kappa shape index (κ2) is 9.64. The van der Waals surface area contributed by atoms with E-state index in [2.05, 4.69) is 10.3 Å². The highest BCUT2D eigenvalue weighted by Crippen LogP contribution is 2.38. The summed E-state index contributed by atoms with van der Waals surface area (Å²) >= 11 is 1.56. The van der Waals surface area contributed by atoms with Crippen LogP contribution in [0.5, 0.6) is 0 Å². The minimum absolute atomic E-state index is 0.00688. The lowest BCUT2D eigenvalue weighted by molar-refractivity contribution is 0.100. The number of nitrogens with two attached hydrogens (primary N) is 2. The van der Waals surface area contributed by atoms with Crippen LogP contribution in [0.2, 0.25) is 0 Å². The van der Waals surface area contributed by atoms with Crippen LogP contribution in [0.3, 0.4) is 0 Å². The summed E-state index contributed by atoms with van der Waals surface area (Å²) in [7, 11) is 0. The molecule has 1 amide bonds. The number of fused-ring (bicyclic) bond motifs is 1. The van der Waals surface area contributed by atoms with E-state index in [0.29, 0.717) is 16.8 Å². The lowest BCUT2D eigenvalue weighted by atomic mass is 10.0. The van der Waals surface area contributed by atoms with Crippen LogP contribution in [-0.4, -0.2) is 29.3 Å². The van der Waals surface area contributed by atoms with Crippen molar-refractivity contribution in [3.05, 3.63) is 83.9 Å². The second-order valence-electron chi connectivity index (χ2n) is 7.46. The molecule has 0 bridgehead atoms. The quantitative estimate of drug-likeness (QED) is 0.121. The first-order chi connectivity index (χ1) is 15.9. The fourth-order valence-corrected chi connectivity index (χ4v) is 4.55. The monoisotopic (exact) mass is 457 g/mol. The number of hydrogen-bond donors (Lipinski definition) is 5. The van der Waals surface area contributed by atoms with Gasteiger partial charge in [0, 0.05) is 50.3 Å². The van der Waals surface area contributed by atoms with Crippen LogP contribution in [-0.2, 0) is 0 Å². The molecule has 0 aliphatic rings. The van der Waals surface area contributed by atoms with Gasteiger partial charge in [0.2, 0.25) is 0 Å². The number of anilines is 2. The van der Waals surface area contributed by atoms with Crippen molar-refractivity contribution < 1.29 is 9.90 Å². The Bertz CT molecular complexity index is 1310. The SMILES string of the molecule is N=Cc1cc(C(=O)N=C(N)CC(O)Nc2ccccc2)cc(-c2cc3ccccc3s2)c1N. The number of amidine groups is 1. The van der Waals surface area contributed by atoms with Crippen LogP contribution >= 0.6 is 11.3 Å². The fourth-order valence-electron chi connectivity index (χ4n) is 3.45. The minimum atomic E-state index is -0.999. The van der Waals surface area contributed by atoms with Gasteiger partial charge in [-0.2, -0.15) is 4.99 Å². The molecule has 0 saturated carbocycles. The van der Waals surface area contributed by atoms with E-state index in [-0.39, 0.29) is 17.8 Å². The number of benzene rings is 3. The molecule has 7 N–H and O–H groups in total. The first-order valence-corrected chi connectivity index (χ1v) is 11.1. The topological polar surface area (TPSA) is 138 Å². The van der Waals surface area contributed by atoms with E-state index in [4.69, 9.17) is 16.9 Å². The van der Waals surface area contributed by atoms with E-state index in [0.717, 1.165) is 26.9 Å². The number of hydrogen-bond acceptors (Lipinski definition) is 6. The highest BCUT2D eigenvalue weighted by atomic mass is 32.1. The van der Waals surface area contributed by atoms with Crippen LogP contribution in [0, 0.1) is 5.41 Å². The van der Waals surface area contributed by atoms with Crippen molar-refractivity contribution in [2.75, 3.05) is 11.1 Å². The Labute approximate surface area is 194 Å². The number of carbonyl (C=O) groups excluding carboxylic acids is 1. The molecular formula is C25H23N5O2S. The van der Waals surface area contributed by atoms with Gasteiger partial charge < -0.3 is 27.3 Å². The summed E-state index contributed by atoms with van der Waals surface area (Å²) < 4.78 is 1.10. The van der Waals surface area contributed by atoms with E-state index in [9.17, 15) is 9.90 Å². The maximum Gasteiger partial charge on any atom is 0.278 e. The van der Waals surface area contributed by atoms with Crippen molar-refractivity contribution in [2.24, 2.45) is 10.7 Å². The van der Waals surface area contributed by atoms with Crippen LogP contribution in [0.4, 0.5) is 11.4 Å². The third kappa shape index (κ3) is 5.08. The number of amides is 1. The zero-order valence-electron chi connectivity index (χ0n) is 17.7. The number of rotatable bonds is 7. The Hall–Kier alpha value is -4.01. The van der Waals surface area contributed by atoms with Crippen molar-refractivity contribution in [2.45, 2.75) is 12.6 Å². The molecule has 0 radical (unpaired) electrons. The number of nitrogen functional groups attached to an aromatic ring is 1. The summed E-state index contributed by atoms with van der Waals surface area (Å²) in [5.74, 6) is -0.572. The number of nitrogens with one attached hydrogen (secondary N) is 2. The van der Waals surface area contributed by atoms with E-state index in [1.54, 1.807) is 17.4 Å². The molecule has 4 aromatic rings. The van der Waals surface area contributed by atoms with Gasteiger partial charge in [-0.1, -0.05) is 36.4 Å². The van der Waals surface area contributed by atoms with E-state index in [1.807, 2.05) is 60.7 Å². The summed E-state index contributed by atoms with van der Waals surface area (Å²) in [6, 6.07) is 22.3. The molecule has 0 spiro atoms. The number of nitrogens with zero attached hydrogens (tertiary/aromatic N) is 1. The molecule has 166 valence electrons. The van der Waals surface area contributed by atoms with E-state index in [1.165, 1.54) is 6.07 Å². The number of thiophene rings is 1. The van der Waals surface area contributed by atoms with Gasteiger partial charge in [0.05, 0.1) is 0 Å². The Morgan fingerprint density at radius 2 is 1.85 bits per heavy atom. The summed E-state index contributed by atoms with van der Waals surface area (Å²) in [6.45, 7) is 0. The average Bonchev–Trinajstić information content (AvgIpc) is 3.23.